The molecule has 0 aliphatic heterocycles. The molecule has 0 aliphatic rings. The van der Waals surface area contributed by atoms with Gasteiger partial charge in [0, 0.05) is 7.05 Å². The fraction of sp³-hybridized carbons (Fsp3) is 0.167. The standard InChI is InChI=1S/C18H19N3O4/c1-12(21-24)13-7-9-14(10-8-13)25-11-17(22)20-16-6-4-3-5-15(16)18(23)19-2/h3-10,24H,11H2,1-2H3,(H,19,23)(H,20,22)/b21-12+. The van der Waals surface area contributed by atoms with Gasteiger partial charge in [-0.05, 0) is 48.9 Å². The Morgan fingerprint density at radius 1 is 1.12 bits per heavy atom. The predicted octanol–water partition coefficient (Wildman–Crippen LogP) is 2.26. The highest BCUT2D eigenvalue weighted by atomic mass is 16.5. The normalized spacial score (nSPS) is 10.9. The Morgan fingerprint density at radius 2 is 1.80 bits per heavy atom. The predicted molar refractivity (Wildman–Crippen MR) is 94.4 cm³/mol. The second-order valence-electron chi connectivity index (χ2n) is 5.17. The molecule has 2 aromatic carbocycles. The highest BCUT2D eigenvalue weighted by Crippen LogP contribution is 2.16. The van der Waals surface area contributed by atoms with Crippen molar-refractivity contribution < 1.29 is 19.5 Å². The van der Waals surface area contributed by atoms with E-state index in [0.29, 0.717) is 22.7 Å². The van der Waals surface area contributed by atoms with Crippen molar-refractivity contribution in [1.29, 1.82) is 0 Å². The fourth-order valence-corrected chi connectivity index (χ4v) is 2.11. The van der Waals surface area contributed by atoms with Gasteiger partial charge in [-0.3, -0.25) is 9.59 Å². The third-order valence-electron chi connectivity index (χ3n) is 3.46. The van der Waals surface area contributed by atoms with Crippen LogP contribution < -0.4 is 15.4 Å². The van der Waals surface area contributed by atoms with Crippen LogP contribution in [0.3, 0.4) is 0 Å². The maximum atomic E-state index is 12.1. The SMILES string of the molecule is CNC(=O)c1ccccc1NC(=O)COc1ccc(/C(C)=N/O)cc1. The number of nitrogens with zero attached hydrogens (tertiary/aromatic N) is 1. The number of para-hydroxylation sites is 1. The molecule has 0 fully saturated rings. The third kappa shape index (κ3) is 4.81. The molecule has 7 nitrogen and oxygen atoms in total. The van der Waals surface area contributed by atoms with E-state index in [0.717, 1.165) is 5.56 Å². The summed E-state index contributed by atoms with van der Waals surface area (Å²) in [6, 6.07) is 13.5. The van der Waals surface area contributed by atoms with E-state index in [1.807, 2.05) is 0 Å². The van der Waals surface area contributed by atoms with Gasteiger partial charge in [-0.15, -0.1) is 0 Å². The summed E-state index contributed by atoms with van der Waals surface area (Å²) in [5.74, 6) is -0.161. The van der Waals surface area contributed by atoms with Crippen LogP contribution in [0.25, 0.3) is 0 Å². The average molecular weight is 341 g/mol. The zero-order valence-corrected chi connectivity index (χ0v) is 13.9. The second kappa shape index (κ2) is 8.49. The number of oxime groups is 1. The van der Waals surface area contributed by atoms with Crippen LogP contribution in [-0.2, 0) is 4.79 Å². The van der Waals surface area contributed by atoms with Crippen LogP contribution in [0, 0.1) is 0 Å². The first-order chi connectivity index (χ1) is 12.0. The first-order valence-electron chi connectivity index (χ1n) is 7.58. The lowest BCUT2D eigenvalue weighted by atomic mass is 10.1. The lowest BCUT2D eigenvalue weighted by Crippen LogP contribution is -2.24. The Bertz CT molecular complexity index is 785. The first kappa shape index (κ1) is 18.0. The van der Waals surface area contributed by atoms with Crippen molar-refractivity contribution in [2.45, 2.75) is 6.92 Å². The number of carbonyl (C=O) groups excluding carboxylic acids is 2. The topological polar surface area (TPSA) is 100 Å². The van der Waals surface area contributed by atoms with Gasteiger partial charge in [0.25, 0.3) is 11.8 Å². The minimum atomic E-state index is -0.381. The summed E-state index contributed by atoms with van der Waals surface area (Å²) in [7, 11) is 1.52. The average Bonchev–Trinajstić information content (AvgIpc) is 2.66. The molecule has 0 heterocycles. The molecule has 2 aromatic rings. The van der Waals surface area contributed by atoms with Crippen LogP contribution in [-0.4, -0.2) is 36.4 Å². The lowest BCUT2D eigenvalue weighted by Gasteiger charge is -2.11. The molecule has 0 aromatic heterocycles. The summed E-state index contributed by atoms with van der Waals surface area (Å²) < 4.78 is 5.42. The molecule has 0 atom stereocenters. The number of anilines is 1. The maximum Gasteiger partial charge on any atom is 0.262 e. The number of hydrogen-bond donors (Lipinski definition) is 3. The summed E-state index contributed by atoms with van der Waals surface area (Å²) in [5, 5.41) is 17.0. The molecular weight excluding hydrogens is 322 g/mol. The van der Waals surface area contributed by atoms with Crippen molar-refractivity contribution in [2.24, 2.45) is 5.16 Å². The largest absolute Gasteiger partial charge is 0.484 e. The molecule has 7 heteroatoms. The molecule has 0 radical (unpaired) electrons. The number of nitrogens with one attached hydrogen (secondary N) is 2. The molecule has 0 bridgehead atoms. The molecule has 0 aliphatic carbocycles. The molecule has 130 valence electrons. The van der Waals surface area contributed by atoms with Gasteiger partial charge < -0.3 is 20.6 Å². The van der Waals surface area contributed by atoms with Crippen molar-refractivity contribution in [3.63, 3.8) is 0 Å². The monoisotopic (exact) mass is 341 g/mol. The van der Waals surface area contributed by atoms with Crippen LogP contribution in [0.5, 0.6) is 5.75 Å². The van der Waals surface area contributed by atoms with Crippen LogP contribution in [0.2, 0.25) is 0 Å². The molecule has 2 rings (SSSR count). The summed E-state index contributed by atoms with van der Waals surface area (Å²) in [4.78, 5) is 23.8. The molecule has 0 spiro atoms. The first-order valence-corrected chi connectivity index (χ1v) is 7.58. The van der Waals surface area contributed by atoms with E-state index in [1.165, 1.54) is 7.05 Å². The number of carbonyl (C=O) groups is 2. The van der Waals surface area contributed by atoms with E-state index >= 15 is 0 Å². The van der Waals surface area contributed by atoms with Gasteiger partial charge in [-0.2, -0.15) is 0 Å². The summed E-state index contributed by atoms with van der Waals surface area (Å²) in [5.41, 5.74) is 2.02. The van der Waals surface area contributed by atoms with E-state index in [4.69, 9.17) is 9.94 Å². The molecule has 25 heavy (non-hydrogen) atoms. The number of ether oxygens (including phenoxy) is 1. The van der Waals surface area contributed by atoms with Crippen molar-refractivity contribution >= 4 is 23.2 Å². The van der Waals surface area contributed by atoms with E-state index in [9.17, 15) is 9.59 Å². The minimum absolute atomic E-state index is 0.200. The van der Waals surface area contributed by atoms with Crippen LogP contribution >= 0.6 is 0 Å². The summed E-state index contributed by atoms with van der Waals surface area (Å²) in [6.07, 6.45) is 0. The number of benzene rings is 2. The highest BCUT2D eigenvalue weighted by Gasteiger charge is 2.12. The Hall–Kier alpha value is -3.35. The van der Waals surface area contributed by atoms with E-state index in [2.05, 4.69) is 15.8 Å². The highest BCUT2D eigenvalue weighted by molar-refractivity contribution is 6.04. The molecular formula is C18H19N3O4. The zero-order chi connectivity index (χ0) is 18.2. The van der Waals surface area contributed by atoms with Crippen LogP contribution in [0.4, 0.5) is 5.69 Å². The number of hydrogen-bond acceptors (Lipinski definition) is 5. The number of amides is 2. The van der Waals surface area contributed by atoms with E-state index in [-0.39, 0.29) is 18.4 Å². The fourth-order valence-electron chi connectivity index (χ4n) is 2.11. The van der Waals surface area contributed by atoms with Gasteiger partial charge in [0.1, 0.15) is 5.75 Å². The van der Waals surface area contributed by atoms with Crippen molar-refractivity contribution in [1.82, 2.24) is 5.32 Å². The van der Waals surface area contributed by atoms with Gasteiger partial charge in [0.05, 0.1) is 17.0 Å². The number of rotatable bonds is 6. The Balaban J connectivity index is 1.96. The van der Waals surface area contributed by atoms with Gasteiger partial charge in [0.15, 0.2) is 6.61 Å². The molecule has 3 N–H and O–H groups in total. The smallest absolute Gasteiger partial charge is 0.262 e. The Morgan fingerprint density at radius 3 is 2.44 bits per heavy atom. The third-order valence-corrected chi connectivity index (χ3v) is 3.46. The van der Waals surface area contributed by atoms with Crippen molar-refractivity contribution in [3.05, 3.63) is 59.7 Å². The molecule has 0 unspecified atom stereocenters. The van der Waals surface area contributed by atoms with Gasteiger partial charge >= 0.3 is 0 Å². The van der Waals surface area contributed by atoms with Crippen molar-refractivity contribution in [2.75, 3.05) is 19.0 Å². The van der Waals surface area contributed by atoms with E-state index in [1.54, 1.807) is 55.5 Å². The van der Waals surface area contributed by atoms with Gasteiger partial charge in [0.2, 0.25) is 0 Å². The quantitative estimate of drug-likeness (QED) is 0.426. The summed E-state index contributed by atoms with van der Waals surface area (Å²) >= 11 is 0. The molecule has 0 saturated carbocycles. The lowest BCUT2D eigenvalue weighted by molar-refractivity contribution is -0.118. The molecule has 0 saturated heterocycles. The van der Waals surface area contributed by atoms with Crippen LogP contribution in [0.15, 0.2) is 53.7 Å². The second-order valence-corrected chi connectivity index (χ2v) is 5.17. The van der Waals surface area contributed by atoms with E-state index < -0.39 is 0 Å². The summed E-state index contributed by atoms with van der Waals surface area (Å²) in [6.45, 7) is 1.47. The molecule has 2 amide bonds. The van der Waals surface area contributed by atoms with Gasteiger partial charge in [-0.25, -0.2) is 0 Å². The zero-order valence-electron chi connectivity index (χ0n) is 13.9. The van der Waals surface area contributed by atoms with Crippen molar-refractivity contribution in [3.8, 4) is 5.75 Å². The Labute approximate surface area is 145 Å². The van der Waals surface area contributed by atoms with Gasteiger partial charge in [-0.1, -0.05) is 17.3 Å². The maximum absolute atomic E-state index is 12.1. The Kier molecular flexibility index (Phi) is 6.11. The van der Waals surface area contributed by atoms with Crippen LogP contribution in [0.1, 0.15) is 22.8 Å². The minimum Gasteiger partial charge on any atom is -0.484 e.